The molecule has 0 amide bonds. The van der Waals surface area contributed by atoms with E-state index in [0.717, 1.165) is 16.9 Å². The molecule has 0 aliphatic heterocycles. The van der Waals surface area contributed by atoms with Crippen LogP contribution in [0.1, 0.15) is 24.4 Å². The number of hydrogen-bond acceptors (Lipinski definition) is 6. The van der Waals surface area contributed by atoms with Crippen LogP contribution in [0.25, 0.3) is 11.4 Å². The van der Waals surface area contributed by atoms with Crippen LogP contribution in [0.5, 0.6) is 17.2 Å². The summed E-state index contributed by atoms with van der Waals surface area (Å²) in [7, 11) is 3.23. The van der Waals surface area contributed by atoms with E-state index in [-0.39, 0.29) is 0 Å². The van der Waals surface area contributed by atoms with E-state index in [1.165, 1.54) is 0 Å². The van der Waals surface area contributed by atoms with E-state index in [2.05, 4.69) is 15.2 Å². The van der Waals surface area contributed by atoms with Crippen molar-refractivity contribution in [3.63, 3.8) is 0 Å². The van der Waals surface area contributed by atoms with Crippen molar-refractivity contribution in [2.75, 3.05) is 20.8 Å². The van der Waals surface area contributed by atoms with Crippen molar-refractivity contribution in [3.05, 3.63) is 53.9 Å². The van der Waals surface area contributed by atoms with E-state index in [0.29, 0.717) is 29.8 Å². The number of nitrogens with two attached hydrogens (primary N) is 1. The molecule has 0 fully saturated rings. The molecular formula is C19H22N4O3. The van der Waals surface area contributed by atoms with Gasteiger partial charge in [0.05, 0.1) is 26.9 Å². The number of benzene rings is 2. The second-order valence-electron chi connectivity index (χ2n) is 5.60. The monoisotopic (exact) mass is 354 g/mol. The number of ether oxygens (including phenoxy) is 3. The van der Waals surface area contributed by atoms with Gasteiger partial charge in [-0.2, -0.15) is 5.10 Å². The Bertz CT molecular complexity index is 879. The van der Waals surface area contributed by atoms with Gasteiger partial charge in [-0.1, -0.05) is 18.2 Å². The first-order chi connectivity index (χ1) is 12.7. The zero-order chi connectivity index (χ0) is 18.5. The lowest BCUT2D eigenvalue weighted by molar-refractivity contribution is 0.310. The molecule has 0 saturated heterocycles. The number of H-pyrrole nitrogens is 1. The molecule has 0 unspecified atom stereocenters. The molecule has 0 spiro atoms. The summed E-state index contributed by atoms with van der Waals surface area (Å²) in [6.07, 6.45) is 0. The first kappa shape index (κ1) is 17.8. The highest BCUT2D eigenvalue weighted by atomic mass is 16.5. The number of hydrogen-bond donors (Lipinski definition) is 2. The predicted octanol–water partition coefficient (Wildman–Crippen LogP) is 2.94. The van der Waals surface area contributed by atoms with Crippen molar-refractivity contribution in [3.8, 4) is 28.6 Å². The Kier molecular flexibility index (Phi) is 5.38. The summed E-state index contributed by atoms with van der Waals surface area (Å²) in [6.45, 7) is 2.46. The fourth-order valence-corrected chi connectivity index (χ4v) is 2.62. The summed E-state index contributed by atoms with van der Waals surface area (Å²) < 4.78 is 16.2. The summed E-state index contributed by atoms with van der Waals surface area (Å²) in [6, 6.07) is 12.7. The van der Waals surface area contributed by atoms with Crippen molar-refractivity contribution in [2.45, 2.75) is 13.0 Å². The molecule has 3 N–H and O–H groups in total. The van der Waals surface area contributed by atoms with E-state index in [1.807, 2.05) is 49.4 Å². The highest BCUT2D eigenvalue weighted by molar-refractivity contribution is 5.57. The second-order valence-corrected chi connectivity index (χ2v) is 5.60. The summed E-state index contributed by atoms with van der Waals surface area (Å²) in [4.78, 5) is 4.53. The lowest BCUT2D eigenvalue weighted by atomic mass is 10.1. The number of aromatic amines is 1. The molecule has 0 aliphatic carbocycles. The number of nitrogens with zero attached hydrogens (tertiary/aromatic N) is 2. The van der Waals surface area contributed by atoms with E-state index < -0.39 is 6.04 Å². The van der Waals surface area contributed by atoms with Crippen molar-refractivity contribution in [1.82, 2.24) is 15.2 Å². The lowest BCUT2D eigenvalue weighted by Crippen LogP contribution is -2.14. The third-order valence-electron chi connectivity index (χ3n) is 3.97. The van der Waals surface area contributed by atoms with Crippen molar-refractivity contribution < 1.29 is 14.2 Å². The third kappa shape index (κ3) is 3.62. The average molecular weight is 354 g/mol. The summed E-state index contributed by atoms with van der Waals surface area (Å²) in [5.41, 5.74) is 8.07. The molecule has 3 rings (SSSR count). The van der Waals surface area contributed by atoms with Gasteiger partial charge in [0.15, 0.2) is 17.3 Å². The summed E-state index contributed by atoms with van der Waals surface area (Å²) in [5, 5.41) is 7.19. The van der Waals surface area contributed by atoms with E-state index >= 15 is 0 Å². The fourth-order valence-electron chi connectivity index (χ4n) is 2.62. The van der Waals surface area contributed by atoms with E-state index in [9.17, 15) is 0 Å². The first-order valence-electron chi connectivity index (χ1n) is 8.29. The quantitative estimate of drug-likeness (QED) is 0.677. The Balaban J connectivity index is 1.88. The van der Waals surface area contributed by atoms with Crippen LogP contribution in [0.15, 0.2) is 42.5 Å². The fraction of sp³-hybridized carbons (Fsp3) is 0.263. The second kappa shape index (κ2) is 7.88. The topological polar surface area (TPSA) is 95.3 Å². The van der Waals surface area contributed by atoms with Crippen LogP contribution in [-0.2, 0) is 0 Å². The Labute approximate surface area is 152 Å². The minimum absolute atomic E-state index is 0.466. The van der Waals surface area contributed by atoms with Gasteiger partial charge in [0.2, 0.25) is 0 Å². The largest absolute Gasteiger partial charge is 0.497 e. The van der Waals surface area contributed by atoms with Gasteiger partial charge >= 0.3 is 0 Å². The Morgan fingerprint density at radius 3 is 2.65 bits per heavy atom. The predicted molar refractivity (Wildman–Crippen MR) is 98.6 cm³/mol. The van der Waals surface area contributed by atoms with Gasteiger partial charge in [-0.05, 0) is 36.8 Å². The third-order valence-corrected chi connectivity index (χ3v) is 3.97. The van der Waals surface area contributed by atoms with Crippen LogP contribution in [-0.4, -0.2) is 36.0 Å². The van der Waals surface area contributed by atoms with Gasteiger partial charge in [-0.15, -0.1) is 0 Å². The van der Waals surface area contributed by atoms with Crippen LogP contribution in [0.3, 0.4) is 0 Å². The van der Waals surface area contributed by atoms with Gasteiger partial charge in [0.25, 0.3) is 0 Å². The molecular weight excluding hydrogens is 332 g/mol. The molecule has 2 aromatic carbocycles. The molecule has 0 radical (unpaired) electrons. The maximum Gasteiger partial charge on any atom is 0.181 e. The molecule has 1 aromatic heterocycles. The molecule has 7 heteroatoms. The highest BCUT2D eigenvalue weighted by Gasteiger charge is 2.17. The molecule has 1 heterocycles. The van der Waals surface area contributed by atoms with Crippen LogP contribution in [0.4, 0.5) is 0 Å². The van der Waals surface area contributed by atoms with Crippen LogP contribution in [0.2, 0.25) is 0 Å². The lowest BCUT2D eigenvalue weighted by Gasteiger charge is -2.14. The molecule has 3 aromatic rings. The van der Waals surface area contributed by atoms with Crippen molar-refractivity contribution in [2.24, 2.45) is 5.73 Å². The minimum Gasteiger partial charge on any atom is -0.497 e. The number of methoxy groups -OCH3 is 2. The van der Waals surface area contributed by atoms with Gasteiger partial charge in [0, 0.05) is 5.56 Å². The normalized spacial score (nSPS) is 11.8. The van der Waals surface area contributed by atoms with Gasteiger partial charge in [-0.3, -0.25) is 5.10 Å². The first-order valence-corrected chi connectivity index (χ1v) is 8.29. The maximum absolute atomic E-state index is 6.37. The van der Waals surface area contributed by atoms with E-state index in [1.54, 1.807) is 14.2 Å². The molecule has 0 aliphatic rings. The minimum atomic E-state index is -0.466. The van der Waals surface area contributed by atoms with Crippen molar-refractivity contribution in [1.29, 1.82) is 0 Å². The Morgan fingerprint density at radius 1 is 1.08 bits per heavy atom. The summed E-state index contributed by atoms with van der Waals surface area (Å²) >= 11 is 0. The maximum atomic E-state index is 6.37. The molecule has 0 saturated carbocycles. The molecule has 136 valence electrons. The van der Waals surface area contributed by atoms with Gasteiger partial charge < -0.3 is 19.9 Å². The summed E-state index contributed by atoms with van der Waals surface area (Å²) in [5.74, 6) is 3.19. The van der Waals surface area contributed by atoms with E-state index in [4.69, 9.17) is 19.9 Å². The van der Waals surface area contributed by atoms with Gasteiger partial charge in [-0.25, -0.2) is 4.98 Å². The van der Waals surface area contributed by atoms with Crippen LogP contribution in [0, 0.1) is 0 Å². The number of nitrogens with one attached hydrogen (secondary N) is 1. The Hall–Kier alpha value is -3.06. The molecule has 7 nitrogen and oxygen atoms in total. The average Bonchev–Trinajstić information content (AvgIpc) is 3.18. The molecule has 0 bridgehead atoms. The van der Waals surface area contributed by atoms with Crippen molar-refractivity contribution >= 4 is 0 Å². The Morgan fingerprint density at radius 2 is 1.92 bits per heavy atom. The van der Waals surface area contributed by atoms with Crippen LogP contribution < -0.4 is 19.9 Å². The number of aromatic nitrogens is 3. The SMILES string of the molecule is CCOc1cc([C@@H](N)c2nc(-c3cccc(OC)c3)n[nH]2)ccc1OC. The smallest absolute Gasteiger partial charge is 0.181 e. The highest BCUT2D eigenvalue weighted by Crippen LogP contribution is 2.31. The standard InChI is InChI=1S/C19H22N4O3/c1-4-26-16-11-12(8-9-15(16)25-3)17(20)19-21-18(22-23-19)13-6-5-7-14(10-13)24-2/h5-11,17H,4,20H2,1-3H3,(H,21,22,23)/t17-/m1/s1. The number of rotatable bonds is 7. The van der Waals surface area contributed by atoms with Crippen LogP contribution >= 0.6 is 0 Å². The molecule has 1 atom stereocenters. The zero-order valence-electron chi connectivity index (χ0n) is 15.0. The molecule has 26 heavy (non-hydrogen) atoms. The zero-order valence-corrected chi connectivity index (χ0v) is 15.0. The van der Waals surface area contributed by atoms with Gasteiger partial charge in [0.1, 0.15) is 11.6 Å².